The zero-order valence-corrected chi connectivity index (χ0v) is 14.3. The van der Waals surface area contributed by atoms with Crippen molar-refractivity contribution in [1.29, 1.82) is 0 Å². The first-order chi connectivity index (χ1) is 8.36. The van der Waals surface area contributed by atoms with E-state index < -0.39 is 10.0 Å². The summed E-state index contributed by atoms with van der Waals surface area (Å²) in [6, 6.07) is 1.64. The number of hydrogen-bond acceptors (Lipinski definition) is 3. The smallest absolute Gasteiger partial charge is 0.211 e. The van der Waals surface area contributed by atoms with Gasteiger partial charge in [-0.05, 0) is 47.7 Å². The third kappa shape index (κ3) is 4.81. The lowest BCUT2D eigenvalue weighted by atomic mass is 10.1. The Labute approximate surface area is 126 Å². The van der Waals surface area contributed by atoms with Crippen LogP contribution in [-0.2, 0) is 10.0 Å². The zero-order valence-electron chi connectivity index (χ0n) is 10.4. The van der Waals surface area contributed by atoms with Gasteiger partial charge < -0.3 is 0 Å². The molecule has 1 heterocycles. The molecule has 1 aromatic heterocycles. The molecule has 1 aromatic rings. The second kappa shape index (κ2) is 7.24. The molecule has 0 radical (unpaired) electrons. The van der Waals surface area contributed by atoms with E-state index in [1.54, 1.807) is 13.0 Å². The molecular weight excluding hydrogens is 358 g/mol. The highest BCUT2D eigenvalue weighted by molar-refractivity contribution is 9.11. The van der Waals surface area contributed by atoms with E-state index in [2.05, 4.69) is 27.6 Å². The number of halogens is 2. The van der Waals surface area contributed by atoms with E-state index >= 15 is 0 Å². The topological polar surface area (TPSA) is 46.2 Å². The van der Waals surface area contributed by atoms with Gasteiger partial charge in [0.05, 0.1) is 8.68 Å². The normalized spacial score (nSPS) is 13.8. The van der Waals surface area contributed by atoms with Gasteiger partial charge in [-0.25, -0.2) is 13.1 Å². The molecule has 104 valence electrons. The Bertz CT molecular complexity index is 487. The molecule has 0 saturated heterocycles. The molecule has 0 aliphatic rings. The SMILES string of the molecule is Cc1sc(Br)cc1S(=O)(=O)NCCCC(C)CCl. The fourth-order valence-electron chi connectivity index (χ4n) is 1.51. The summed E-state index contributed by atoms with van der Waals surface area (Å²) in [5, 5.41) is 0. The minimum absolute atomic E-state index is 0.366. The summed E-state index contributed by atoms with van der Waals surface area (Å²) in [6.45, 7) is 4.32. The summed E-state index contributed by atoms with van der Waals surface area (Å²) in [5.74, 6) is 1.04. The molecule has 3 nitrogen and oxygen atoms in total. The lowest BCUT2D eigenvalue weighted by Crippen LogP contribution is -2.25. The Morgan fingerprint density at radius 3 is 2.72 bits per heavy atom. The van der Waals surface area contributed by atoms with Crippen molar-refractivity contribution in [2.45, 2.75) is 31.6 Å². The van der Waals surface area contributed by atoms with Crippen molar-refractivity contribution in [1.82, 2.24) is 4.72 Å². The molecule has 0 fully saturated rings. The number of alkyl halides is 1. The van der Waals surface area contributed by atoms with Gasteiger partial charge in [-0.3, -0.25) is 0 Å². The molecule has 0 bridgehead atoms. The summed E-state index contributed by atoms with van der Waals surface area (Å²) < 4.78 is 27.5. The van der Waals surface area contributed by atoms with E-state index in [0.717, 1.165) is 21.5 Å². The van der Waals surface area contributed by atoms with Crippen molar-refractivity contribution in [3.63, 3.8) is 0 Å². The van der Waals surface area contributed by atoms with Crippen LogP contribution in [0.2, 0.25) is 0 Å². The van der Waals surface area contributed by atoms with Crippen LogP contribution in [0.3, 0.4) is 0 Å². The molecule has 0 saturated carbocycles. The molecule has 0 aliphatic carbocycles. The summed E-state index contributed by atoms with van der Waals surface area (Å²) in [7, 11) is -3.38. The number of hydrogen-bond donors (Lipinski definition) is 1. The summed E-state index contributed by atoms with van der Waals surface area (Å²) in [5.41, 5.74) is 0. The highest BCUT2D eigenvalue weighted by Gasteiger charge is 2.18. The first kappa shape index (κ1) is 16.4. The van der Waals surface area contributed by atoms with Gasteiger partial charge in [-0.2, -0.15) is 0 Å². The number of sulfonamides is 1. The molecular formula is C11H17BrClNO2S2. The van der Waals surface area contributed by atoms with Gasteiger partial charge >= 0.3 is 0 Å². The van der Waals surface area contributed by atoms with E-state index in [-0.39, 0.29) is 0 Å². The van der Waals surface area contributed by atoms with Gasteiger partial charge in [0.25, 0.3) is 0 Å². The van der Waals surface area contributed by atoms with Gasteiger partial charge in [0.15, 0.2) is 0 Å². The molecule has 18 heavy (non-hydrogen) atoms. The fraction of sp³-hybridized carbons (Fsp3) is 0.636. The van der Waals surface area contributed by atoms with Crippen molar-refractivity contribution < 1.29 is 8.42 Å². The molecule has 0 aromatic carbocycles. The molecule has 1 atom stereocenters. The number of aryl methyl sites for hydroxylation is 1. The van der Waals surface area contributed by atoms with Crippen LogP contribution in [0.25, 0.3) is 0 Å². The number of thiophene rings is 1. The van der Waals surface area contributed by atoms with Crippen molar-refractivity contribution in [3.05, 3.63) is 14.7 Å². The zero-order chi connectivity index (χ0) is 13.8. The van der Waals surface area contributed by atoms with Gasteiger partial charge in [0, 0.05) is 17.3 Å². The third-order valence-electron chi connectivity index (χ3n) is 2.56. The van der Waals surface area contributed by atoms with Crippen molar-refractivity contribution in [3.8, 4) is 0 Å². The Kier molecular flexibility index (Phi) is 6.61. The summed E-state index contributed by atoms with van der Waals surface area (Å²) in [4.78, 5) is 1.16. The lowest BCUT2D eigenvalue weighted by molar-refractivity contribution is 0.543. The van der Waals surface area contributed by atoms with Crippen LogP contribution < -0.4 is 4.72 Å². The van der Waals surface area contributed by atoms with Crippen molar-refractivity contribution >= 4 is 48.9 Å². The monoisotopic (exact) mass is 373 g/mol. The van der Waals surface area contributed by atoms with Crippen LogP contribution in [0.15, 0.2) is 14.7 Å². The first-order valence-electron chi connectivity index (χ1n) is 5.68. The maximum atomic E-state index is 12.0. The van der Waals surface area contributed by atoms with Crippen LogP contribution in [0.1, 0.15) is 24.6 Å². The minimum atomic E-state index is -3.38. The maximum Gasteiger partial charge on any atom is 0.241 e. The van der Waals surface area contributed by atoms with Crippen LogP contribution in [-0.4, -0.2) is 20.8 Å². The largest absolute Gasteiger partial charge is 0.241 e. The van der Waals surface area contributed by atoms with Gasteiger partial charge in [-0.15, -0.1) is 22.9 Å². The van der Waals surface area contributed by atoms with Gasteiger partial charge in [0.2, 0.25) is 10.0 Å². The number of rotatable bonds is 7. The summed E-state index contributed by atoms with van der Waals surface area (Å²) in [6.07, 6.45) is 1.73. The molecule has 1 rings (SSSR count). The molecule has 0 spiro atoms. The molecule has 0 amide bonds. The van der Waals surface area contributed by atoms with Crippen LogP contribution in [0.5, 0.6) is 0 Å². The Balaban J connectivity index is 2.53. The lowest BCUT2D eigenvalue weighted by Gasteiger charge is -2.08. The minimum Gasteiger partial charge on any atom is -0.211 e. The predicted octanol–water partition coefficient (Wildman–Crippen LogP) is 3.75. The van der Waals surface area contributed by atoms with Crippen molar-refractivity contribution in [2.24, 2.45) is 5.92 Å². The van der Waals surface area contributed by atoms with E-state index in [1.807, 2.05) is 0 Å². The van der Waals surface area contributed by atoms with E-state index in [9.17, 15) is 8.42 Å². The Morgan fingerprint density at radius 2 is 2.22 bits per heavy atom. The van der Waals surface area contributed by atoms with E-state index in [0.29, 0.717) is 23.2 Å². The van der Waals surface area contributed by atoms with Crippen LogP contribution >= 0.6 is 38.9 Å². The quantitative estimate of drug-likeness (QED) is 0.583. The molecule has 1 N–H and O–H groups in total. The average molecular weight is 375 g/mol. The maximum absolute atomic E-state index is 12.0. The first-order valence-corrected chi connectivity index (χ1v) is 9.31. The Morgan fingerprint density at radius 1 is 1.56 bits per heavy atom. The second-order valence-electron chi connectivity index (χ2n) is 4.27. The second-order valence-corrected chi connectivity index (χ2v) is 8.95. The standard InChI is InChI=1S/C11H17BrClNO2S2/c1-8(7-13)4-3-5-14-18(15,16)10-6-11(12)17-9(10)2/h6,8,14H,3-5,7H2,1-2H3. The van der Waals surface area contributed by atoms with Gasteiger partial charge in [-0.1, -0.05) is 6.92 Å². The van der Waals surface area contributed by atoms with Gasteiger partial charge in [0.1, 0.15) is 0 Å². The molecule has 1 unspecified atom stereocenters. The summed E-state index contributed by atoms with van der Waals surface area (Å²) >= 11 is 10.4. The number of nitrogens with one attached hydrogen (secondary N) is 1. The fourth-order valence-corrected chi connectivity index (χ4v) is 5.15. The highest BCUT2D eigenvalue weighted by Crippen LogP contribution is 2.29. The third-order valence-corrected chi connectivity index (χ3v) is 6.36. The van der Waals surface area contributed by atoms with Crippen LogP contribution in [0, 0.1) is 12.8 Å². The molecule has 0 aliphatic heterocycles. The van der Waals surface area contributed by atoms with Crippen molar-refractivity contribution in [2.75, 3.05) is 12.4 Å². The predicted molar refractivity (Wildman–Crippen MR) is 81.1 cm³/mol. The Hall–Kier alpha value is 0.380. The van der Waals surface area contributed by atoms with Crippen LogP contribution in [0.4, 0.5) is 0 Å². The highest BCUT2D eigenvalue weighted by atomic mass is 79.9. The van der Waals surface area contributed by atoms with E-state index in [1.165, 1.54) is 11.3 Å². The van der Waals surface area contributed by atoms with E-state index in [4.69, 9.17) is 11.6 Å². The molecule has 7 heteroatoms. The average Bonchev–Trinajstić information content (AvgIpc) is 2.64.